The molecule has 2 heterocycles. The summed E-state index contributed by atoms with van der Waals surface area (Å²) in [6.45, 7) is 0. The maximum atomic E-state index is 11.2. The molecule has 0 saturated carbocycles. The number of H-pyrrole nitrogens is 2. The number of nitrogens with one attached hydrogen (secondary N) is 2. The number of fused-ring (bicyclic) bond motifs is 1. The molecule has 0 aliphatic carbocycles. The molecule has 0 aliphatic rings. The number of alkyl halides is 1. The first-order chi connectivity index (χ1) is 8.76. The van der Waals surface area contributed by atoms with Gasteiger partial charge in [-0.1, -0.05) is 6.07 Å². The Morgan fingerprint density at radius 2 is 2.00 bits per heavy atom. The van der Waals surface area contributed by atoms with Crippen molar-refractivity contribution in [2.75, 3.05) is 0 Å². The lowest BCUT2D eigenvalue weighted by molar-refractivity contribution is 1.03. The first-order valence-corrected chi connectivity index (χ1v) is 5.90. The highest BCUT2D eigenvalue weighted by atomic mass is 35.5. The molecule has 0 fully saturated rings. The predicted octanol–water partition coefficient (Wildman–Crippen LogP) is 2.05. The largest absolute Gasteiger partial charge is 0.323 e. The minimum atomic E-state index is -0.216. The zero-order chi connectivity index (χ0) is 12.5. The Kier molecular flexibility index (Phi) is 2.60. The van der Waals surface area contributed by atoms with Crippen molar-refractivity contribution in [2.45, 2.75) is 5.88 Å². The van der Waals surface area contributed by atoms with Gasteiger partial charge in [0, 0.05) is 11.8 Å². The van der Waals surface area contributed by atoms with Crippen LogP contribution in [0.5, 0.6) is 0 Å². The van der Waals surface area contributed by atoms with E-state index in [1.807, 2.05) is 24.3 Å². The van der Waals surface area contributed by atoms with E-state index >= 15 is 0 Å². The number of nitrogens with zero attached hydrogens (tertiary/aromatic N) is 2. The minimum Gasteiger partial charge on any atom is -0.306 e. The Labute approximate surface area is 107 Å². The topological polar surface area (TPSA) is 74.4 Å². The van der Waals surface area contributed by atoms with E-state index in [1.54, 1.807) is 6.20 Å². The van der Waals surface area contributed by atoms with Crippen LogP contribution >= 0.6 is 11.6 Å². The van der Waals surface area contributed by atoms with Crippen LogP contribution in [-0.4, -0.2) is 19.9 Å². The van der Waals surface area contributed by atoms with Crippen LogP contribution in [0.2, 0.25) is 0 Å². The standard InChI is InChI=1S/C12H9ClN4O/c13-6-11-14-4-3-8(15-11)7-1-2-9-10(5-7)17-12(18)16-9/h1-5H,6H2,(H2,16,17,18). The van der Waals surface area contributed by atoms with E-state index in [0.29, 0.717) is 5.82 Å². The van der Waals surface area contributed by atoms with Crippen LogP contribution in [0, 0.1) is 0 Å². The summed E-state index contributed by atoms with van der Waals surface area (Å²) in [5.41, 5.74) is 3.00. The quantitative estimate of drug-likeness (QED) is 0.693. The highest BCUT2D eigenvalue weighted by molar-refractivity contribution is 6.16. The fourth-order valence-electron chi connectivity index (χ4n) is 1.82. The van der Waals surface area contributed by atoms with Gasteiger partial charge in [-0.2, -0.15) is 0 Å². The molecule has 0 saturated heterocycles. The van der Waals surface area contributed by atoms with Gasteiger partial charge in [-0.25, -0.2) is 14.8 Å². The molecule has 5 nitrogen and oxygen atoms in total. The highest BCUT2D eigenvalue weighted by Crippen LogP contribution is 2.20. The van der Waals surface area contributed by atoms with Gasteiger partial charge in [0.05, 0.1) is 22.6 Å². The summed E-state index contributed by atoms with van der Waals surface area (Å²) in [5, 5.41) is 0. The van der Waals surface area contributed by atoms with Gasteiger partial charge in [0.1, 0.15) is 5.82 Å². The zero-order valence-corrected chi connectivity index (χ0v) is 10.0. The summed E-state index contributed by atoms with van der Waals surface area (Å²) in [4.78, 5) is 25.0. The van der Waals surface area contributed by atoms with Crippen molar-refractivity contribution in [3.05, 3.63) is 46.8 Å². The van der Waals surface area contributed by atoms with Gasteiger partial charge in [-0.3, -0.25) is 0 Å². The Morgan fingerprint density at radius 1 is 1.17 bits per heavy atom. The maximum Gasteiger partial charge on any atom is 0.323 e. The van der Waals surface area contributed by atoms with Gasteiger partial charge in [0.2, 0.25) is 0 Å². The van der Waals surface area contributed by atoms with Crippen molar-refractivity contribution >= 4 is 22.6 Å². The van der Waals surface area contributed by atoms with Crippen molar-refractivity contribution < 1.29 is 0 Å². The first kappa shape index (κ1) is 11.0. The van der Waals surface area contributed by atoms with Crippen molar-refractivity contribution in [1.82, 2.24) is 19.9 Å². The summed E-state index contributed by atoms with van der Waals surface area (Å²) in [6.07, 6.45) is 1.67. The van der Waals surface area contributed by atoms with Gasteiger partial charge in [0.15, 0.2) is 0 Å². The summed E-state index contributed by atoms with van der Waals surface area (Å²) in [7, 11) is 0. The monoisotopic (exact) mass is 260 g/mol. The van der Waals surface area contributed by atoms with E-state index in [-0.39, 0.29) is 11.6 Å². The van der Waals surface area contributed by atoms with E-state index in [0.717, 1.165) is 22.3 Å². The summed E-state index contributed by atoms with van der Waals surface area (Å²) < 4.78 is 0. The van der Waals surface area contributed by atoms with E-state index in [1.165, 1.54) is 0 Å². The third-order valence-corrected chi connectivity index (χ3v) is 2.88. The Bertz CT molecular complexity index is 762. The molecule has 2 N–H and O–H groups in total. The zero-order valence-electron chi connectivity index (χ0n) is 9.27. The number of halogens is 1. The summed E-state index contributed by atoms with van der Waals surface area (Å²) >= 11 is 5.71. The number of imidazole rings is 1. The second-order valence-corrected chi connectivity index (χ2v) is 4.10. The molecular formula is C12H9ClN4O. The molecule has 18 heavy (non-hydrogen) atoms. The lowest BCUT2D eigenvalue weighted by Gasteiger charge is -2.02. The Morgan fingerprint density at radius 3 is 2.83 bits per heavy atom. The van der Waals surface area contributed by atoms with Crippen LogP contribution in [0.1, 0.15) is 5.82 Å². The highest BCUT2D eigenvalue weighted by Gasteiger charge is 2.04. The van der Waals surface area contributed by atoms with Crippen molar-refractivity contribution in [1.29, 1.82) is 0 Å². The van der Waals surface area contributed by atoms with Gasteiger partial charge in [-0.15, -0.1) is 11.6 Å². The maximum absolute atomic E-state index is 11.2. The molecular weight excluding hydrogens is 252 g/mol. The fraction of sp³-hybridized carbons (Fsp3) is 0.0833. The fourth-order valence-corrected chi connectivity index (χ4v) is 1.94. The number of aromatic nitrogens is 4. The number of hydrogen-bond donors (Lipinski definition) is 2. The number of hydrogen-bond acceptors (Lipinski definition) is 3. The molecule has 0 spiro atoms. The van der Waals surface area contributed by atoms with Crippen molar-refractivity contribution in [2.24, 2.45) is 0 Å². The molecule has 0 radical (unpaired) electrons. The van der Waals surface area contributed by atoms with Crippen LogP contribution in [0.25, 0.3) is 22.3 Å². The summed E-state index contributed by atoms with van der Waals surface area (Å²) in [5.74, 6) is 0.855. The smallest absolute Gasteiger partial charge is 0.306 e. The predicted molar refractivity (Wildman–Crippen MR) is 69.5 cm³/mol. The molecule has 3 rings (SSSR count). The van der Waals surface area contributed by atoms with E-state index in [4.69, 9.17) is 11.6 Å². The Hall–Kier alpha value is -2.14. The SMILES string of the molecule is O=c1[nH]c2ccc(-c3ccnc(CCl)n3)cc2[nH]1. The average Bonchev–Trinajstić information content (AvgIpc) is 2.77. The number of aromatic amines is 2. The lowest BCUT2D eigenvalue weighted by Crippen LogP contribution is -1.99. The van der Waals surface area contributed by atoms with Crippen LogP contribution < -0.4 is 5.69 Å². The second-order valence-electron chi connectivity index (χ2n) is 3.83. The third-order valence-electron chi connectivity index (χ3n) is 2.64. The van der Waals surface area contributed by atoms with Crippen molar-refractivity contribution in [3.8, 4) is 11.3 Å². The molecule has 0 unspecified atom stereocenters. The normalized spacial score (nSPS) is 10.9. The molecule has 0 atom stereocenters. The second kappa shape index (κ2) is 4.27. The average molecular weight is 261 g/mol. The van der Waals surface area contributed by atoms with Crippen molar-refractivity contribution in [3.63, 3.8) is 0 Å². The van der Waals surface area contributed by atoms with Gasteiger partial charge in [0.25, 0.3) is 0 Å². The molecule has 6 heteroatoms. The van der Waals surface area contributed by atoms with Gasteiger partial charge in [-0.05, 0) is 18.2 Å². The third kappa shape index (κ3) is 1.89. The Balaban J connectivity index is 2.15. The van der Waals surface area contributed by atoms with Gasteiger partial charge < -0.3 is 9.97 Å². The molecule has 2 aromatic heterocycles. The molecule has 0 bridgehead atoms. The van der Waals surface area contributed by atoms with Crippen LogP contribution in [0.4, 0.5) is 0 Å². The molecule has 3 aromatic rings. The minimum absolute atomic E-state index is 0.216. The lowest BCUT2D eigenvalue weighted by atomic mass is 10.1. The van der Waals surface area contributed by atoms with Crippen LogP contribution in [0.3, 0.4) is 0 Å². The van der Waals surface area contributed by atoms with Crippen LogP contribution in [0.15, 0.2) is 35.3 Å². The van der Waals surface area contributed by atoms with Crippen LogP contribution in [-0.2, 0) is 5.88 Å². The molecule has 90 valence electrons. The molecule has 0 aliphatic heterocycles. The number of rotatable bonds is 2. The molecule has 1 aromatic carbocycles. The van der Waals surface area contributed by atoms with E-state index < -0.39 is 0 Å². The van der Waals surface area contributed by atoms with E-state index in [9.17, 15) is 4.79 Å². The molecule has 0 amide bonds. The van der Waals surface area contributed by atoms with E-state index in [2.05, 4.69) is 19.9 Å². The summed E-state index contributed by atoms with van der Waals surface area (Å²) in [6, 6.07) is 7.41. The first-order valence-electron chi connectivity index (χ1n) is 5.36. The number of benzene rings is 1. The van der Waals surface area contributed by atoms with Gasteiger partial charge >= 0.3 is 5.69 Å².